The highest BCUT2D eigenvalue weighted by Crippen LogP contribution is 2.04. The average Bonchev–Trinajstić information content (AvgIpc) is 1.87. The zero-order valence-corrected chi connectivity index (χ0v) is 6.60. The zero-order chi connectivity index (χ0) is 7.82. The summed E-state index contributed by atoms with van der Waals surface area (Å²) in [6.07, 6.45) is 5.88. The van der Waals surface area contributed by atoms with Crippen LogP contribution in [0.15, 0.2) is 0 Å². The second-order valence-electron chi connectivity index (χ2n) is 2.56. The quantitative estimate of drug-likeness (QED) is 0.460. The van der Waals surface area contributed by atoms with Crippen LogP contribution in [0.5, 0.6) is 0 Å². The summed E-state index contributed by atoms with van der Waals surface area (Å²) >= 11 is 0. The van der Waals surface area contributed by atoms with Crippen molar-refractivity contribution in [2.45, 2.75) is 45.4 Å². The van der Waals surface area contributed by atoms with Crippen molar-refractivity contribution in [3.8, 4) is 0 Å². The second-order valence-corrected chi connectivity index (χ2v) is 2.56. The van der Waals surface area contributed by atoms with Crippen molar-refractivity contribution in [2.75, 3.05) is 0 Å². The maximum Gasteiger partial charge on any atom is 0.303 e. The molecule has 0 aromatic heterocycles. The number of carbonyl (C=O) groups is 1. The summed E-state index contributed by atoms with van der Waals surface area (Å²) < 4.78 is 0. The Bertz CT molecular complexity index is 89.3. The van der Waals surface area contributed by atoms with Crippen LogP contribution in [-0.2, 0) is 4.79 Å². The molecule has 2 heteroatoms. The molecule has 0 aliphatic carbocycles. The molecular formula is C8H16O2. The monoisotopic (exact) mass is 145 g/mol. The first-order valence-electron chi connectivity index (χ1n) is 3.99. The van der Waals surface area contributed by atoms with Crippen LogP contribution >= 0.6 is 0 Å². The summed E-state index contributed by atoms with van der Waals surface area (Å²) in [5.41, 5.74) is 0. The van der Waals surface area contributed by atoms with E-state index in [0.29, 0.717) is 6.42 Å². The first-order valence-corrected chi connectivity index (χ1v) is 3.99. The summed E-state index contributed by atoms with van der Waals surface area (Å²) in [7, 11) is 0. The molecule has 1 N–H and O–H groups in total. The first-order chi connectivity index (χ1) is 4.77. The summed E-state index contributed by atoms with van der Waals surface area (Å²) in [6, 6.07) is 0. The fraction of sp³-hybridized carbons (Fsp3) is 0.875. The first kappa shape index (κ1) is 9.47. The predicted molar refractivity (Wildman–Crippen MR) is 41.0 cm³/mol. The minimum Gasteiger partial charge on any atom is -0.481 e. The van der Waals surface area contributed by atoms with Crippen LogP contribution in [0.25, 0.3) is 0 Å². The maximum atomic E-state index is 10.0. The van der Waals surface area contributed by atoms with Gasteiger partial charge in [-0.25, -0.2) is 0 Å². The SMILES string of the molecule is C[13CH2]CCCCCC(=O)O. The van der Waals surface area contributed by atoms with E-state index in [-0.39, 0.29) is 0 Å². The summed E-state index contributed by atoms with van der Waals surface area (Å²) in [5.74, 6) is -0.670. The third kappa shape index (κ3) is 7.47. The van der Waals surface area contributed by atoms with E-state index < -0.39 is 5.97 Å². The van der Waals surface area contributed by atoms with E-state index in [1.165, 1.54) is 19.3 Å². The molecule has 0 spiro atoms. The molecule has 0 unspecified atom stereocenters. The highest BCUT2D eigenvalue weighted by atomic mass is 16.4. The van der Waals surface area contributed by atoms with Crippen LogP contribution in [0.3, 0.4) is 0 Å². The molecule has 0 atom stereocenters. The van der Waals surface area contributed by atoms with Gasteiger partial charge in [0.25, 0.3) is 0 Å². The topological polar surface area (TPSA) is 37.3 Å². The van der Waals surface area contributed by atoms with E-state index >= 15 is 0 Å². The largest absolute Gasteiger partial charge is 0.481 e. The molecule has 0 aromatic carbocycles. The fourth-order valence-electron chi connectivity index (χ4n) is 0.880. The Labute approximate surface area is 62.2 Å². The number of hydrogen-bond acceptors (Lipinski definition) is 1. The minimum absolute atomic E-state index is 0.337. The number of unbranched alkanes of at least 4 members (excludes halogenated alkanes) is 4. The number of rotatable bonds is 6. The van der Waals surface area contributed by atoms with Crippen LogP contribution in [0.1, 0.15) is 45.4 Å². The van der Waals surface area contributed by atoms with E-state index in [1.807, 2.05) is 0 Å². The Hall–Kier alpha value is -0.530. The molecule has 10 heavy (non-hydrogen) atoms. The third-order valence-corrected chi connectivity index (χ3v) is 1.49. The van der Waals surface area contributed by atoms with Crippen molar-refractivity contribution in [2.24, 2.45) is 0 Å². The molecule has 0 heterocycles. The molecular weight excluding hydrogens is 129 g/mol. The van der Waals surface area contributed by atoms with Crippen molar-refractivity contribution in [1.29, 1.82) is 0 Å². The smallest absolute Gasteiger partial charge is 0.303 e. The number of carboxylic acid groups (broad SMARTS) is 1. The standard InChI is InChI=1S/C8H16O2/c1-2-3-4-5-6-7-8(9)10/h2-7H2,1H3,(H,9,10)/i2+1. The van der Waals surface area contributed by atoms with E-state index in [1.54, 1.807) is 0 Å². The molecule has 0 saturated heterocycles. The van der Waals surface area contributed by atoms with Crippen molar-refractivity contribution < 1.29 is 9.90 Å². The zero-order valence-electron chi connectivity index (χ0n) is 6.60. The molecule has 0 aliphatic heterocycles. The molecule has 2 nitrogen and oxygen atoms in total. The second kappa shape index (κ2) is 6.59. The van der Waals surface area contributed by atoms with Gasteiger partial charge in [0.05, 0.1) is 0 Å². The summed E-state index contributed by atoms with van der Waals surface area (Å²) in [6.45, 7) is 2.15. The normalized spacial score (nSPS) is 9.70. The van der Waals surface area contributed by atoms with Gasteiger partial charge >= 0.3 is 5.97 Å². The lowest BCUT2D eigenvalue weighted by molar-refractivity contribution is -0.137. The van der Waals surface area contributed by atoms with Gasteiger partial charge in [-0.15, -0.1) is 0 Å². The van der Waals surface area contributed by atoms with Crippen molar-refractivity contribution in [3.63, 3.8) is 0 Å². The highest BCUT2D eigenvalue weighted by Gasteiger charge is 1.94. The van der Waals surface area contributed by atoms with Crippen LogP contribution in [0.4, 0.5) is 0 Å². The van der Waals surface area contributed by atoms with Crippen molar-refractivity contribution >= 4 is 5.97 Å². The molecule has 0 rings (SSSR count). The lowest BCUT2D eigenvalue weighted by atomic mass is 10.2. The van der Waals surface area contributed by atoms with Gasteiger partial charge in [0, 0.05) is 6.42 Å². The molecule has 0 aliphatic rings. The molecule has 0 amide bonds. The number of aliphatic carboxylic acids is 1. The Morgan fingerprint density at radius 2 is 1.80 bits per heavy atom. The predicted octanol–water partition coefficient (Wildman–Crippen LogP) is 2.43. The molecule has 0 saturated carbocycles. The van der Waals surface area contributed by atoms with Gasteiger partial charge < -0.3 is 5.11 Å². The summed E-state index contributed by atoms with van der Waals surface area (Å²) in [4.78, 5) is 10.0. The molecule has 0 radical (unpaired) electrons. The van der Waals surface area contributed by atoms with Gasteiger partial charge in [-0.2, -0.15) is 0 Å². The van der Waals surface area contributed by atoms with Crippen LogP contribution in [0.2, 0.25) is 0 Å². The number of hydrogen-bond donors (Lipinski definition) is 1. The lowest BCUT2D eigenvalue weighted by Gasteiger charge is -1.95. The minimum atomic E-state index is -0.670. The van der Waals surface area contributed by atoms with Crippen LogP contribution in [0, 0.1) is 0 Å². The Balaban J connectivity index is 2.84. The molecule has 60 valence electrons. The van der Waals surface area contributed by atoms with Gasteiger partial charge in [0.1, 0.15) is 0 Å². The van der Waals surface area contributed by atoms with E-state index in [4.69, 9.17) is 5.11 Å². The van der Waals surface area contributed by atoms with E-state index in [2.05, 4.69) is 6.92 Å². The van der Waals surface area contributed by atoms with Gasteiger partial charge in [-0.05, 0) is 6.42 Å². The summed E-state index contributed by atoms with van der Waals surface area (Å²) in [5, 5.41) is 8.27. The van der Waals surface area contributed by atoms with Crippen molar-refractivity contribution in [3.05, 3.63) is 0 Å². The number of carboxylic acids is 1. The average molecular weight is 145 g/mol. The Morgan fingerprint density at radius 3 is 2.30 bits per heavy atom. The van der Waals surface area contributed by atoms with Crippen molar-refractivity contribution in [1.82, 2.24) is 0 Å². The van der Waals surface area contributed by atoms with Gasteiger partial charge in [0.2, 0.25) is 0 Å². The lowest BCUT2D eigenvalue weighted by Crippen LogP contribution is -1.93. The Morgan fingerprint density at radius 1 is 1.20 bits per heavy atom. The maximum absolute atomic E-state index is 10.0. The molecule has 0 bridgehead atoms. The van der Waals surface area contributed by atoms with Gasteiger partial charge in [-0.3, -0.25) is 4.79 Å². The van der Waals surface area contributed by atoms with Gasteiger partial charge in [-0.1, -0.05) is 32.6 Å². The fourth-order valence-corrected chi connectivity index (χ4v) is 0.880. The van der Waals surface area contributed by atoms with Gasteiger partial charge in [0.15, 0.2) is 0 Å². The van der Waals surface area contributed by atoms with Crippen LogP contribution in [-0.4, -0.2) is 11.1 Å². The van der Waals surface area contributed by atoms with E-state index in [9.17, 15) is 4.79 Å². The third-order valence-electron chi connectivity index (χ3n) is 1.49. The Kier molecular flexibility index (Phi) is 6.24. The molecule has 0 fully saturated rings. The highest BCUT2D eigenvalue weighted by molar-refractivity contribution is 5.66. The van der Waals surface area contributed by atoms with E-state index in [0.717, 1.165) is 12.8 Å². The van der Waals surface area contributed by atoms with Crippen LogP contribution < -0.4 is 0 Å². The molecule has 0 aromatic rings.